The summed E-state index contributed by atoms with van der Waals surface area (Å²) < 4.78 is 42.1. The molecule has 0 atom stereocenters. The van der Waals surface area contributed by atoms with Gasteiger partial charge in [0.15, 0.2) is 5.43 Å². The Hall–Kier alpha value is -4.09. The van der Waals surface area contributed by atoms with Crippen LogP contribution in [0.1, 0.15) is 44.7 Å². The Morgan fingerprint density at radius 1 is 1.10 bits per heavy atom. The first-order valence-electron chi connectivity index (χ1n) is 13.0. The van der Waals surface area contributed by atoms with Gasteiger partial charge in [-0.15, -0.1) is 6.42 Å². The minimum atomic E-state index is -5.17. The maximum absolute atomic E-state index is 14.0. The second-order valence-corrected chi connectivity index (χ2v) is 11.2. The van der Waals surface area contributed by atoms with Gasteiger partial charge >= 0.3 is 10.5 Å². The van der Waals surface area contributed by atoms with Crippen molar-refractivity contribution in [3.8, 4) is 29.2 Å². The third-order valence-electron chi connectivity index (χ3n) is 6.90. The fourth-order valence-electron chi connectivity index (χ4n) is 5.26. The zero-order chi connectivity index (χ0) is 27.9. The fourth-order valence-corrected chi connectivity index (χ4v) is 5.59. The number of halogens is 1. The summed E-state index contributed by atoms with van der Waals surface area (Å²) in [5, 5.41) is 2.07. The van der Waals surface area contributed by atoms with Crippen molar-refractivity contribution in [2.45, 2.75) is 46.6 Å². The van der Waals surface area contributed by atoms with Gasteiger partial charge < -0.3 is 13.7 Å². The van der Waals surface area contributed by atoms with Crippen molar-refractivity contribution in [2.24, 2.45) is 5.92 Å². The van der Waals surface area contributed by atoms with Crippen molar-refractivity contribution in [1.29, 1.82) is 0 Å². The summed E-state index contributed by atoms with van der Waals surface area (Å²) in [7, 11) is -5.17. The van der Waals surface area contributed by atoms with E-state index in [1.165, 1.54) is 12.1 Å². The van der Waals surface area contributed by atoms with Crippen LogP contribution in [0.4, 0.5) is 3.89 Å². The van der Waals surface area contributed by atoms with Gasteiger partial charge in [0.25, 0.3) is 0 Å². The molecule has 0 saturated heterocycles. The number of aromatic nitrogens is 2. The number of unbranched alkanes of at least 4 members (excludes halogenated alkanes) is 1. The van der Waals surface area contributed by atoms with Crippen LogP contribution in [-0.4, -0.2) is 18.0 Å². The summed E-state index contributed by atoms with van der Waals surface area (Å²) in [4.78, 5) is 17.5. The third-order valence-corrected chi connectivity index (χ3v) is 7.30. The Morgan fingerprint density at radius 3 is 2.59 bits per heavy atom. The van der Waals surface area contributed by atoms with Gasteiger partial charge in [-0.1, -0.05) is 55.2 Å². The highest BCUT2D eigenvalue weighted by atomic mass is 32.3. The fraction of sp³-hybridized carbons (Fsp3) is 0.258. The maximum atomic E-state index is 14.0. The topological polar surface area (TPSA) is 81.2 Å². The molecule has 8 heteroatoms. The van der Waals surface area contributed by atoms with Gasteiger partial charge in [0.2, 0.25) is 0 Å². The molecular formula is C31H29FN2O4S. The van der Waals surface area contributed by atoms with Crippen LogP contribution in [0.25, 0.3) is 44.0 Å². The Balaban J connectivity index is 1.86. The Morgan fingerprint density at radius 2 is 1.90 bits per heavy atom. The zero-order valence-electron chi connectivity index (χ0n) is 22.0. The van der Waals surface area contributed by atoms with E-state index in [0.29, 0.717) is 29.3 Å². The molecule has 0 unspecified atom stereocenters. The second kappa shape index (κ2) is 10.2. The number of nitrogens with one attached hydrogen (secondary N) is 1. The highest BCUT2D eigenvalue weighted by molar-refractivity contribution is 7.81. The van der Waals surface area contributed by atoms with Gasteiger partial charge in [-0.05, 0) is 71.8 Å². The number of benzene rings is 3. The summed E-state index contributed by atoms with van der Waals surface area (Å²) in [5.41, 5.74) is 5.38. The number of hydrogen-bond acceptors (Lipinski definition) is 4. The van der Waals surface area contributed by atoms with Crippen LogP contribution in [0, 0.1) is 18.3 Å². The minimum Gasteiger partial charge on any atom is -0.358 e. The van der Waals surface area contributed by atoms with Crippen molar-refractivity contribution in [3.05, 3.63) is 75.9 Å². The molecule has 0 radical (unpaired) electrons. The normalized spacial score (nSPS) is 12.0. The SMILES string of the molecule is C#Cc1ccc2c(c1)[nH]c1c2c(=O)c2cc(CC(C)C)c(-c3cccc(OS(=O)(=O)F)c3)cc2n1CCCC. The molecule has 3 aromatic carbocycles. The van der Waals surface area contributed by atoms with Crippen molar-refractivity contribution < 1.29 is 16.5 Å². The second-order valence-electron chi connectivity index (χ2n) is 10.2. The number of nitrogens with zero attached hydrogens (tertiary/aromatic N) is 1. The number of H-pyrrole nitrogens is 1. The number of terminal acetylenes is 1. The van der Waals surface area contributed by atoms with E-state index in [0.717, 1.165) is 51.6 Å². The van der Waals surface area contributed by atoms with E-state index in [9.17, 15) is 17.1 Å². The number of rotatable bonds is 8. The molecule has 6 nitrogen and oxygen atoms in total. The predicted octanol–water partition coefficient (Wildman–Crippen LogP) is 6.88. The van der Waals surface area contributed by atoms with E-state index in [2.05, 4.69) is 40.4 Å². The van der Waals surface area contributed by atoms with Crippen molar-refractivity contribution >= 4 is 43.3 Å². The van der Waals surface area contributed by atoms with Crippen LogP contribution < -0.4 is 9.61 Å². The van der Waals surface area contributed by atoms with E-state index < -0.39 is 10.5 Å². The lowest BCUT2D eigenvalue weighted by atomic mass is 9.91. The molecule has 0 saturated carbocycles. The third kappa shape index (κ3) is 5.15. The van der Waals surface area contributed by atoms with Gasteiger partial charge in [-0.25, -0.2) is 0 Å². The van der Waals surface area contributed by atoms with E-state index in [1.54, 1.807) is 6.07 Å². The summed E-state index contributed by atoms with van der Waals surface area (Å²) >= 11 is 0. The van der Waals surface area contributed by atoms with Crippen molar-refractivity contribution in [2.75, 3.05) is 0 Å². The molecule has 0 aliphatic rings. The van der Waals surface area contributed by atoms with Gasteiger partial charge in [-0.3, -0.25) is 4.79 Å². The summed E-state index contributed by atoms with van der Waals surface area (Å²) in [5.74, 6) is 2.82. The lowest BCUT2D eigenvalue weighted by molar-refractivity contribution is 0.440. The molecular weight excluding hydrogens is 515 g/mol. The lowest BCUT2D eigenvalue weighted by Crippen LogP contribution is -2.12. The molecule has 5 rings (SSSR count). The molecule has 0 fully saturated rings. The molecule has 0 bridgehead atoms. The number of aryl methyl sites for hydroxylation is 1. The minimum absolute atomic E-state index is 0.0652. The van der Waals surface area contributed by atoms with Crippen LogP contribution in [0.15, 0.2) is 59.4 Å². The van der Waals surface area contributed by atoms with Crippen LogP contribution in [0.5, 0.6) is 5.75 Å². The highest BCUT2D eigenvalue weighted by Crippen LogP contribution is 2.34. The summed E-state index contributed by atoms with van der Waals surface area (Å²) in [6.07, 6.45) is 8.17. The Labute approximate surface area is 226 Å². The quantitative estimate of drug-likeness (QED) is 0.171. The molecule has 0 spiro atoms. The molecule has 1 N–H and O–H groups in total. The molecule has 0 amide bonds. The molecule has 2 heterocycles. The Bertz CT molecular complexity index is 1950. The zero-order valence-corrected chi connectivity index (χ0v) is 22.9. The molecule has 39 heavy (non-hydrogen) atoms. The van der Waals surface area contributed by atoms with Crippen LogP contribution in [-0.2, 0) is 23.5 Å². The standard InChI is InChI=1S/C31H29FN2O4S/c1-5-7-13-34-28-18-25(21-9-8-10-23(16-21)38-39(32,36)37)22(14-19(3)4)17-26(28)30(35)29-24-12-11-20(6-2)15-27(24)33-31(29)34/h2,8-12,15-19,33H,5,7,13-14H2,1,3-4H3. The largest absolute Gasteiger partial charge is 0.488 e. The van der Waals surface area contributed by atoms with Gasteiger partial charge in [0, 0.05) is 28.4 Å². The maximum Gasteiger partial charge on any atom is 0.488 e. The van der Waals surface area contributed by atoms with E-state index in [-0.39, 0.29) is 17.1 Å². The summed E-state index contributed by atoms with van der Waals surface area (Å²) in [6.45, 7) is 6.98. The van der Waals surface area contributed by atoms with Gasteiger partial charge in [-0.2, -0.15) is 8.42 Å². The summed E-state index contributed by atoms with van der Waals surface area (Å²) in [6, 6.07) is 15.9. The van der Waals surface area contributed by atoms with Gasteiger partial charge in [0.05, 0.1) is 10.9 Å². The molecule has 0 aliphatic heterocycles. The van der Waals surface area contributed by atoms with Crippen molar-refractivity contribution in [3.63, 3.8) is 0 Å². The predicted molar refractivity (Wildman–Crippen MR) is 155 cm³/mol. The van der Waals surface area contributed by atoms with Crippen LogP contribution in [0.3, 0.4) is 0 Å². The average molecular weight is 545 g/mol. The number of hydrogen-bond donors (Lipinski definition) is 1. The molecule has 0 aliphatic carbocycles. The van der Waals surface area contributed by atoms with Gasteiger partial charge in [0.1, 0.15) is 11.4 Å². The number of aromatic amines is 1. The molecule has 200 valence electrons. The first-order chi connectivity index (χ1) is 18.6. The van der Waals surface area contributed by atoms with E-state index in [4.69, 9.17) is 6.42 Å². The smallest absolute Gasteiger partial charge is 0.358 e. The molecule has 2 aromatic heterocycles. The average Bonchev–Trinajstić information content (AvgIpc) is 3.26. The molecule has 5 aromatic rings. The Kier molecular flexibility index (Phi) is 6.96. The lowest BCUT2D eigenvalue weighted by Gasteiger charge is -2.18. The monoisotopic (exact) mass is 544 g/mol. The van der Waals surface area contributed by atoms with E-state index in [1.807, 2.05) is 36.4 Å². The van der Waals surface area contributed by atoms with Crippen LogP contribution >= 0.6 is 0 Å². The number of fused-ring (bicyclic) bond motifs is 4. The first kappa shape index (κ1) is 26.5. The van der Waals surface area contributed by atoms with E-state index >= 15 is 0 Å². The number of pyridine rings is 1. The van der Waals surface area contributed by atoms with Crippen LogP contribution in [0.2, 0.25) is 0 Å². The highest BCUT2D eigenvalue weighted by Gasteiger charge is 2.20. The first-order valence-corrected chi connectivity index (χ1v) is 14.3. The van der Waals surface area contributed by atoms with Crippen molar-refractivity contribution in [1.82, 2.24) is 9.55 Å².